The summed E-state index contributed by atoms with van der Waals surface area (Å²) in [5, 5.41) is 6.97. The van der Waals surface area contributed by atoms with E-state index in [0.717, 1.165) is 25.8 Å². The Kier molecular flexibility index (Phi) is 2.59. The van der Waals surface area contributed by atoms with Gasteiger partial charge in [-0.25, -0.2) is 0 Å². The Labute approximate surface area is 274 Å². The number of fused-ring (bicyclic) bond motifs is 10. The molecule has 0 saturated carbocycles. The third kappa shape index (κ3) is 0.716. The van der Waals surface area contributed by atoms with Crippen molar-refractivity contribution < 1.29 is 6.51 Å². The van der Waals surface area contributed by atoms with Gasteiger partial charge in [0.05, 0.1) is 0 Å². The Balaban J connectivity index is 1.19. The maximum absolute atomic E-state index is 4.58. The molecular formula is C44H48FeP2. The summed E-state index contributed by atoms with van der Waals surface area (Å²) >= 11 is 0. The molecule has 0 aliphatic carbocycles. The van der Waals surface area contributed by atoms with E-state index >= 15 is 0 Å². The molecule has 14 rings (SSSR count). The molecule has 47 heavy (non-hydrogen) atoms. The molecule has 3 heteroatoms. The van der Waals surface area contributed by atoms with E-state index in [1.165, 1.54) is 44.9 Å². The third-order valence-electron chi connectivity index (χ3n) is 23.1. The third-order valence-corrected chi connectivity index (χ3v) is 81.2. The molecular weight excluding hydrogens is 646 g/mol. The number of hydrogen-bond donors (Lipinski definition) is 0. The molecule has 10 heterocycles. The second kappa shape index (κ2) is 4.66. The predicted molar refractivity (Wildman–Crippen MR) is 200 cm³/mol. The number of hydrogen-bond acceptors (Lipinski definition) is 0. The van der Waals surface area contributed by atoms with E-state index in [9.17, 15) is 0 Å². The van der Waals surface area contributed by atoms with Crippen molar-refractivity contribution in [1.29, 1.82) is 0 Å². The van der Waals surface area contributed by atoms with Crippen molar-refractivity contribution in [2.24, 2.45) is 11.8 Å². The Morgan fingerprint density at radius 3 is 1.06 bits per heavy atom. The zero-order valence-electron chi connectivity index (χ0n) is 28.2. The fourth-order valence-corrected chi connectivity index (χ4v) is 138. The Morgan fingerprint density at radius 2 is 0.787 bits per heavy atom. The second-order valence-corrected chi connectivity index (χ2v) is 47.2. The summed E-state index contributed by atoms with van der Waals surface area (Å²) in [6.07, 6.45) is 5.68. The van der Waals surface area contributed by atoms with Gasteiger partial charge in [0.2, 0.25) is 0 Å². The molecule has 1 spiro atoms. The van der Waals surface area contributed by atoms with Gasteiger partial charge < -0.3 is 0 Å². The molecule has 242 valence electrons. The molecule has 4 aromatic carbocycles. The monoisotopic (exact) mass is 694 g/mol. The first-order valence-electron chi connectivity index (χ1n) is 18.9. The summed E-state index contributed by atoms with van der Waals surface area (Å²) in [6.45, 7) is 5.96. The molecule has 0 amide bonds. The van der Waals surface area contributed by atoms with Gasteiger partial charge >= 0.3 is 276 Å². The van der Waals surface area contributed by atoms with Crippen molar-refractivity contribution in [3.8, 4) is 0 Å². The summed E-state index contributed by atoms with van der Waals surface area (Å²) < 4.78 is 2.78. The molecule has 8 unspecified atom stereocenters. The van der Waals surface area contributed by atoms with E-state index in [0.29, 0.717) is 12.4 Å². The van der Waals surface area contributed by atoms with Crippen LogP contribution in [0.2, 0.25) is 37.5 Å². The number of rotatable bonds is 12. The molecule has 0 radical (unpaired) electrons. The average molecular weight is 695 g/mol. The van der Waals surface area contributed by atoms with E-state index in [4.69, 9.17) is 0 Å². The van der Waals surface area contributed by atoms with Crippen molar-refractivity contribution in [3.05, 3.63) is 121 Å². The van der Waals surface area contributed by atoms with Crippen LogP contribution in [-0.4, -0.2) is 8.11 Å². The minimum atomic E-state index is -4.58. The van der Waals surface area contributed by atoms with E-state index in [1.54, 1.807) is 21.2 Å². The van der Waals surface area contributed by atoms with Crippen LogP contribution in [0, 0.1) is 11.8 Å². The van der Waals surface area contributed by atoms with Crippen LogP contribution >= 0.6 is 15.8 Å². The molecule has 10 aliphatic rings. The first-order valence-corrected chi connectivity index (χ1v) is 27.7. The second-order valence-electron chi connectivity index (χ2n) is 19.0. The average Bonchev–Trinajstić information content (AvgIpc) is 4.10. The van der Waals surface area contributed by atoms with Crippen LogP contribution in [0.15, 0.2) is 121 Å². The summed E-state index contributed by atoms with van der Waals surface area (Å²) in [5.74, 6) is 1.88. The van der Waals surface area contributed by atoms with E-state index in [-0.39, 0.29) is 0 Å². The van der Waals surface area contributed by atoms with Gasteiger partial charge in [-0.15, -0.1) is 0 Å². The van der Waals surface area contributed by atoms with Gasteiger partial charge in [-0.05, 0) is 0 Å². The van der Waals surface area contributed by atoms with Crippen LogP contribution < -0.4 is 21.2 Å². The van der Waals surface area contributed by atoms with Crippen molar-refractivity contribution in [3.63, 3.8) is 0 Å². The first-order chi connectivity index (χ1) is 22.9. The topological polar surface area (TPSA) is 0 Å². The van der Waals surface area contributed by atoms with E-state index in [1.807, 2.05) is 0 Å². The summed E-state index contributed by atoms with van der Waals surface area (Å²) in [6, 6.07) is 49.2. The zero-order valence-corrected chi connectivity index (χ0v) is 31.1. The van der Waals surface area contributed by atoms with Gasteiger partial charge in [0.1, 0.15) is 0 Å². The van der Waals surface area contributed by atoms with Crippen LogP contribution in [0.3, 0.4) is 0 Å². The molecule has 0 bridgehead atoms. The predicted octanol–water partition coefficient (Wildman–Crippen LogP) is 11.1. The number of benzene rings is 4. The van der Waals surface area contributed by atoms with Crippen molar-refractivity contribution in [2.75, 3.05) is 0 Å². The Bertz CT molecular complexity index is 2300. The van der Waals surface area contributed by atoms with Crippen molar-refractivity contribution >= 4 is 37.1 Å². The van der Waals surface area contributed by atoms with Crippen LogP contribution in [0.4, 0.5) is 0 Å². The standard InChI is InChI=1S/C34H33P2.C10H15.Fe/c1-3-27(4-2)34-32(35(28-17-9-5-10-18-28)29-19-11-6-12-20-29)25-26-33(34)36(30-21-13-7-14-22-30)31-23-15-8-16-24-31;1-3-9(4-2)10-7-5-6-8-10;/h5-27H,3-4H2,1-2H3;5-9H,3-4H2,1-2H3;. The van der Waals surface area contributed by atoms with E-state index < -0.39 is 22.4 Å². The maximum atomic E-state index is 2.65. The Hall–Kier alpha value is -1.74. The quantitative estimate of drug-likeness (QED) is 0.102. The summed E-state index contributed by atoms with van der Waals surface area (Å²) in [4.78, 5) is 7.13. The normalized spacial score (nSPS) is 55.7. The van der Waals surface area contributed by atoms with Crippen LogP contribution in [0.5, 0.6) is 0 Å². The molecule has 10 aliphatic heterocycles. The first kappa shape index (κ1) is 26.1. The fourth-order valence-electron chi connectivity index (χ4n) is 26.1. The molecule has 0 N–H and O–H groups in total. The molecule has 0 nitrogen and oxygen atoms in total. The minimum absolute atomic E-state index is 0.411. The van der Waals surface area contributed by atoms with Crippen LogP contribution in [-0.2, 0) is 6.51 Å². The summed E-state index contributed by atoms with van der Waals surface area (Å²) in [7, 11) is -0.823. The van der Waals surface area contributed by atoms with Crippen molar-refractivity contribution in [1.82, 2.24) is 0 Å². The van der Waals surface area contributed by atoms with Crippen LogP contribution in [0.1, 0.15) is 53.4 Å². The molecule has 10 fully saturated rings. The molecule has 4 aromatic rings. The van der Waals surface area contributed by atoms with Gasteiger partial charge in [-0.2, -0.15) is 0 Å². The van der Waals surface area contributed by atoms with E-state index in [2.05, 4.69) is 149 Å². The SMILES string of the molecule is CCC(CC)[C]12[CH]3[CH]4[CH]5[CH]1[Fe]45321678[CH]2[CH]1[C]6(P(c1ccccc1)c1ccccc1)[C]7(C(CC)CC)[C]28P(c1ccccc1)c1ccccc1. The van der Waals surface area contributed by atoms with Gasteiger partial charge in [-0.1, -0.05) is 0 Å². The molecule has 0 aromatic heterocycles. The van der Waals surface area contributed by atoms with Gasteiger partial charge in [-0.3, -0.25) is 0 Å². The van der Waals surface area contributed by atoms with Gasteiger partial charge in [0.25, 0.3) is 0 Å². The molecule has 10 saturated heterocycles. The van der Waals surface area contributed by atoms with Crippen molar-refractivity contribution in [2.45, 2.75) is 99.0 Å². The summed E-state index contributed by atoms with van der Waals surface area (Å²) in [5.41, 5.74) is 0. The fraction of sp³-hybridized carbons (Fsp3) is 0.455. The Morgan fingerprint density at radius 1 is 0.468 bits per heavy atom. The zero-order chi connectivity index (χ0) is 31.4. The molecule has 8 atom stereocenters. The van der Waals surface area contributed by atoms with Gasteiger partial charge in [0.15, 0.2) is 0 Å². The van der Waals surface area contributed by atoms with Gasteiger partial charge in [0, 0.05) is 0 Å². The van der Waals surface area contributed by atoms with Crippen LogP contribution in [0.25, 0.3) is 0 Å².